The molecule has 27 heavy (non-hydrogen) atoms. The van der Waals surface area contributed by atoms with Gasteiger partial charge in [0.15, 0.2) is 5.16 Å². The first-order chi connectivity index (χ1) is 13.0. The van der Waals surface area contributed by atoms with Crippen molar-refractivity contribution < 1.29 is 4.79 Å². The summed E-state index contributed by atoms with van der Waals surface area (Å²) in [5.74, 6) is 0.153. The van der Waals surface area contributed by atoms with Gasteiger partial charge in [0.1, 0.15) is 0 Å². The van der Waals surface area contributed by atoms with Gasteiger partial charge >= 0.3 is 0 Å². The van der Waals surface area contributed by atoms with Crippen molar-refractivity contribution in [1.29, 1.82) is 0 Å². The Morgan fingerprint density at radius 1 is 1.44 bits per heavy atom. The van der Waals surface area contributed by atoms with E-state index in [2.05, 4.69) is 23.8 Å². The Morgan fingerprint density at radius 2 is 2.22 bits per heavy atom. The Labute approximate surface area is 169 Å². The number of nitrogens with zero attached hydrogens (tertiary/aromatic N) is 2. The lowest BCUT2D eigenvalue weighted by molar-refractivity contribution is -0.119. The van der Waals surface area contributed by atoms with E-state index in [0.29, 0.717) is 27.6 Å². The molecule has 0 fully saturated rings. The van der Waals surface area contributed by atoms with Crippen molar-refractivity contribution in [3.8, 4) is 0 Å². The van der Waals surface area contributed by atoms with Crippen LogP contribution in [0.5, 0.6) is 0 Å². The van der Waals surface area contributed by atoms with Crippen LogP contribution < -0.4 is 10.9 Å². The molecule has 7 heteroatoms. The van der Waals surface area contributed by atoms with Crippen molar-refractivity contribution in [1.82, 2.24) is 14.9 Å². The largest absolute Gasteiger partial charge is 0.353 e. The maximum absolute atomic E-state index is 12.8. The van der Waals surface area contributed by atoms with Gasteiger partial charge < -0.3 is 5.32 Å². The molecule has 0 aliphatic heterocycles. The van der Waals surface area contributed by atoms with Gasteiger partial charge in [0.25, 0.3) is 5.56 Å². The molecule has 0 bridgehead atoms. The molecule has 0 aliphatic carbocycles. The monoisotopic (exact) mass is 407 g/mol. The predicted molar refractivity (Wildman–Crippen MR) is 114 cm³/mol. The number of benzene rings is 1. The number of carbonyl (C=O) groups is 1. The number of hydrogen-bond acceptors (Lipinski definition) is 4. The summed E-state index contributed by atoms with van der Waals surface area (Å²) in [5.41, 5.74) is 0.388. The summed E-state index contributed by atoms with van der Waals surface area (Å²) in [6.07, 6.45) is 6.06. The number of carbonyl (C=O) groups excluding carboxylic acids is 1. The van der Waals surface area contributed by atoms with Crippen molar-refractivity contribution in [3.05, 3.63) is 46.2 Å². The van der Waals surface area contributed by atoms with E-state index in [9.17, 15) is 9.59 Å². The van der Waals surface area contributed by atoms with Gasteiger partial charge in [0.2, 0.25) is 5.91 Å². The highest BCUT2D eigenvalue weighted by Crippen LogP contribution is 2.20. The van der Waals surface area contributed by atoms with Crippen LogP contribution in [0.15, 0.2) is 40.8 Å². The van der Waals surface area contributed by atoms with E-state index in [4.69, 9.17) is 11.6 Å². The Balaban J connectivity index is 2.12. The quantitative estimate of drug-likeness (QED) is 0.274. The van der Waals surface area contributed by atoms with Crippen molar-refractivity contribution in [2.45, 2.75) is 57.3 Å². The topological polar surface area (TPSA) is 64.0 Å². The molecule has 0 aliphatic rings. The van der Waals surface area contributed by atoms with Gasteiger partial charge in [-0.3, -0.25) is 14.2 Å². The second-order valence-corrected chi connectivity index (χ2v) is 7.89. The molecule has 0 unspecified atom stereocenters. The minimum Gasteiger partial charge on any atom is -0.353 e. The standard InChI is InChI=1S/C20H26ClN3O2S/c1-4-6-7-8-14(3)22-18(25)13-27-20-23-17-10-9-15(21)12-16(17)19(26)24(20)11-5-2/h5,9-10,12,14H,2,4,6-8,11,13H2,1,3H3,(H,22,25)/t14-/m1/s1. The summed E-state index contributed by atoms with van der Waals surface area (Å²) in [4.78, 5) is 29.5. The van der Waals surface area contributed by atoms with E-state index in [1.165, 1.54) is 22.7 Å². The van der Waals surface area contributed by atoms with E-state index in [1.807, 2.05) is 6.92 Å². The summed E-state index contributed by atoms with van der Waals surface area (Å²) in [5, 5.41) is 4.46. The molecule has 146 valence electrons. The number of aromatic nitrogens is 2. The lowest BCUT2D eigenvalue weighted by Gasteiger charge is -2.14. The first-order valence-electron chi connectivity index (χ1n) is 9.19. The third-order valence-corrected chi connectivity index (χ3v) is 5.38. The maximum Gasteiger partial charge on any atom is 0.262 e. The molecule has 1 N–H and O–H groups in total. The van der Waals surface area contributed by atoms with E-state index < -0.39 is 0 Å². The molecule has 1 aromatic heterocycles. The van der Waals surface area contributed by atoms with Crippen LogP contribution in [0.1, 0.15) is 39.5 Å². The average Bonchev–Trinajstić information content (AvgIpc) is 2.63. The Bertz CT molecular complexity index is 866. The third-order valence-electron chi connectivity index (χ3n) is 4.17. The number of hydrogen-bond donors (Lipinski definition) is 1. The number of rotatable bonds is 10. The number of thioether (sulfide) groups is 1. The molecule has 2 aromatic rings. The van der Waals surface area contributed by atoms with Crippen LogP contribution in [-0.4, -0.2) is 27.3 Å². The molecular formula is C20H26ClN3O2S. The number of halogens is 1. The number of nitrogens with one attached hydrogen (secondary N) is 1. The minimum absolute atomic E-state index is 0.0559. The fourth-order valence-electron chi connectivity index (χ4n) is 2.79. The molecule has 0 radical (unpaired) electrons. The number of fused-ring (bicyclic) bond motifs is 1. The number of amides is 1. The van der Waals surface area contributed by atoms with Crippen LogP contribution in [0.3, 0.4) is 0 Å². The Morgan fingerprint density at radius 3 is 2.93 bits per heavy atom. The first kappa shape index (κ1) is 21.5. The van der Waals surface area contributed by atoms with Crippen LogP contribution >= 0.6 is 23.4 Å². The van der Waals surface area contributed by atoms with Crippen molar-refractivity contribution >= 4 is 40.2 Å². The van der Waals surface area contributed by atoms with Crippen LogP contribution in [0.25, 0.3) is 10.9 Å². The van der Waals surface area contributed by atoms with E-state index in [-0.39, 0.29) is 23.3 Å². The molecule has 2 rings (SSSR count). The van der Waals surface area contributed by atoms with Gasteiger partial charge in [-0.2, -0.15) is 0 Å². The van der Waals surface area contributed by atoms with Gasteiger partial charge in [-0.1, -0.05) is 55.6 Å². The van der Waals surface area contributed by atoms with Gasteiger partial charge in [0.05, 0.1) is 16.7 Å². The number of allylic oxidation sites excluding steroid dienone is 1. The summed E-state index contributed by atoms with van der Waals surface area (Å²) in [6.45, 7) is 8.21. The first-order valence-corrected chi connectivity index (χ1v) is 10.6. The molecule has 0 saturated heterocycles. The van der Waals surface area contributed by atoms with Gasteiger partial charge in [0, 0.05) is 17.6 Å². The molecule has 5 nitrogen and oxygen atoms in total. The Hall–Kier alpha value is -1.79. The van der Waals surface area contributed by atoms with E-state index in [0.717, 1.165) is 19.3 Å². The van der Waals surface area contributed by atoms with Gasteiger partial charge in [-0.25, -0.2) is 4.98 Å². The SMILES string of the molecule is C=CCn1c(SCC(=O)N[C@H](C)CCCCC)nc2ccc(Cl)cc2c1=O. The molecule has 1 atom stereocenters. The zero-order valence-corrected chi connectivity index (χ0v) is 17.4. The molecule has 0 saturated carbocycles. The zero-order valence-electron chi connectivity index (χ0n) is 15.8. The maximum atomic E-state index is 12.8. The highest BCUT2D eigenvalue weighted by Gasteiger charge is 2.14. The molecule has 1 amide bonds. The summed E-state index contributed by atoms with van der Waals surface area (Å²) >= 11 is 7.26. The smallest absolute Gasteiger partial charge is 0.262 e. The van der Waals surface area contributed by atoms with E-state index in [1.54, 1.807) is 24.3 Å². The molecule has 0 spiro atoms. The molecular weight excluding hydrogens is 382 g/mol. The lowest BCUT2D eigenvalue weighted by Crippen LogP contribution is -2.34. The zero-order chi connectivity index (χ0) is 19.8. The molecule has 1 aromatic carbocycles. The van der Waals surface area contributed by atoms with Crippen LogP contribution in [0.4, 0.5) is 0 Å². The summed E-state index contributed by atoms with van der Waals surface area (Å²) < 4.78 is 1.52. The fraction of sp³-hybridized carbons (Fsp3) is 0.450. The second kappa shape index (κ2) is 10.5. The molecule has 1 heterocycles. The highest BCUT2D eigenvalue weighted by atomic mass is 35.5. The van der Waals surface area contributed by atoms with Gasteiger partial charge in [-0.05, 0) is 31.5 Å². The predicted octanol–water partition coefficient (Wildman–Crippen LogP) is 4.41. The number of unbranched alkanes of at least 4 members (excludes halogenated alkanes) is 2. The normalized spacial score (nSPS) is 12.1. The van der Waals surface area contributed by atoms with E-state index >= 15 is 0 Å². The second-order valence-electron chi connectivity index (χ2n) is 6.51. The summed E-state index contributed by atoms with van der Waals surface area (Å²) in [6, 6.07) is 5.18. The highest BCUT2D eigenvalue weighted by molar-refractivity contribution is 7.99. The minimum atomic E-state index is -0.182. The Kier molecular flexibility index (Phi) is 8.38. The van der Waals surface area contributed by atoms with Crippen LogP contribution in [0, 0.1) is 0 Å². The van der Waals surface area contributed by atoms with Crippen LogP contribution in [-0.2, 0) is 11.3 Å². The lowest BCUT2D eigenvalue weighted by atomic mass is 10.1. The van der Waals surface area contributed by atoms with Gasteiger partial charge in [-0.15, -0.1) is 6.58 Å². The fourth-order valence-corrected chi connectivity index (χ4v) is 3.78. The third kappa shape index (κ3) is 6.11. The average molecular weight is 408 g/mol. The van der Waals surface area contributed by atoms with Crippen LogP contribution in [0.2, 0.25) is 5.02 Å². The van der Waals surface area contributed by atoms with Crippen molar-refractivity contribution in [2.75, 3.05) is 5.75 Å². The van der Waals surface area contributed by atoms with Crippen molar-refractivity contribution in [2.24, 2.45) is 0 Å². The van der Waals surface area contributed by atoms with Crippen molar-refractivity contribution in [3.63, 3.8) is 0 Å². The summed E-state index contributed by atoms with van der Waals surface area (Å²) in [7, 11) is 0.